The van der Waals surface area contributed by atoms with Crippen LogP contribution in [0.3, 0.4) is 0 Å². The van der Waals surface area contributed by atoms with E-state index in [4.69, 9.17) is 0 Å². The summed E-state index contributed by atoms with van der Waals surface area (Å²) < 4.78 is 0. The molecule has 4 aromatic rings. The lowest BCUT2D eigenvalue weighted by Gasteiger charge is -1.94. The molecule has 2 aromatic heterocycles. The van der Waals surface area contributed by atoms with Crippen molar-refractivity contribution in [2.45, 2.75) is 6.92 Å². The molecule has 2 nitrogen and oxygen atoms in total. The zero-order chi connectivity index (χ0) is 14.2. The number of H-pyrrole nitrogens is 2. The summed E-state index contributed by atoms with van der Waals surface area (Å²) in [5, 5.41) is 2.53. The second-order valence-electron chi connectivity index (χ2n) is 5.33. The van der Waals surface area contributed by atoms with E-state index in [1.165, 1.54) is 38.6 Å². The Kier molecular flexibility index (Phi) is 2.68. The zero-order valence-electron chi connectivity index (χ0n) is 11.9. The van der Waals surface area contributed by atoms with Crippen molar-refractivity contribution in [3.63, 3.8) is 0 Å². The predicted molar refractivity (Wildman–Crippen MR) is 90.3 cm³/mol. The van der Waals surface area contributed by atoms with Crippen molar-refractivity contribution in [2.24, 2.45) is 0 Å². The molecule has 2 N–H and O–H groups in total. The summed E-state index contributed by atoms with van der Waals surface area (Å²) in [5.41, 5.74) is 6.04. The van der Waals surface area contributed by atoms with E-state index < -0.39 is 0 Å². The van der Waals surface area contributed by atoms with Crippen molar-refractivity contribution in [3.8, 4) is 0 Å². The van der Waals surface area contributed by atoms with Crippen molar-refractivity contribution >= 4 is 34.0 Å². The van der Waals surface area contributed by atoms with Crippen molar-refractivity contribution < 1.29 is 0 Å². The highest BCUT2D eigenvalue weighted by atomic mass is 14.7. The number of aryl methyl sites for hydroxylation is 1. The van der Waals surface area contributed by atoms with Gasteiger partial charge in [-0.05, 0) is 24.6 Å². The molecule has 2 aromatic carbocycles. The highest BCUT2D eigenvalue weighted by molar-refractivity contribution is 5.96. The fourth-order valence-electron chi connectivity index (χ4n) is 2.92. The van der Waals surface area contributed by atoms with E-state index in [0.717, 1.165) is 0 Å². The van der Waals surface area contributed by atoms with Gasteiger partial charge in [-0.3, -0.25) is 0 Å². The van der Waals surface area contributed by atoms with Gasteiger partial charge in [-0.2, -0.15) is 0 Å². The highest BCUT2D eigenvalue weighted by Gasteiger charge is 2.05. The average molecular weight is 272 g/mol. The van der Waals surface area contributed by atoms with Crippen molar-refractivity contribution in [3.05, 3.63) is 71.5 Å². The van der Waals surface area contributed by atoms with Crippen molar-refractivity contribution in [1.29, 1.82) is 0 Å². The Hall–Kier alpha value is -2.74. The molecule has 2 heteroatoms. The van der Waals surface area contributed by atoms with Crippen LogP contribution in [0.5, 0.6) is 0 Å². The molecule has 21 heavy (non-hydrogen) atoms. The normalized spacial score (nSPS) is 11.9. The van der Waals surface area contributed by atoms with Crippen LogP contribution in [0.4, 0.5) is 0 Å². The first-order chi connectivity index (χ1) is 10.3. The molecule has 2 heterocycles. The van der Waals surface area contributed by atoms with E-state index in [1.807, 2.05) is 0 Å². The summed E-state index contributed by atoms with van der Waals surface area (Å²) >= 11 is 0. The molecule has 0 amide bonds. The van der Waals surface area contributed by atoms with Crippen LogP contribution in [0, 0.1) is 6.92 Å². The standard InChI is InChI=1S/C19H16N2/c1-13-15(17-7-3-5-9-19(17)21-13)11-10-14-12-20-18-8-4-2-6-16(14)18/h2-12,20-21H,1H3/b11-10-. The Morgan fingerprint density at radius 2 is 1.52 bits per heavy atom. The molecule has 0 aliphatic rings. The number of aromatic nitrogens is 2. The number of rotatable bonds is 2. The predicted octanol–water partition coefficient (Wildman–Crippen LogP) is 5.13. The van der Waals surface area contributed by atoms with Crippen LogP contribution in [0.1, 0.15) is 16.8 Å². The first kappa shape index (κ1) is 12.0. The minimum absolute atomic E-state index is 1.17. The Bertz CT molecular complexity index is 954. The van der Waals surface area contributed by atoms with Crippen LogP contribution in [-0.4, -0.2) is 9.97 Å². The molecule has 102 valence electrons. The number of aromatic amines is 2. The summed E-state index contributed by atoms with van der Waals surface area (Å²) in [6.07, 6.45) is 6.44. The van der Waals surface area contributed by atoms with Crippen LogP contribution in [0.2, 0.25) is 0 Å². The smallest absolute Gasteiger partial charge is 0.0462 e. The van der Waals surface area contributed by atoms with Gasteiger partial charge in [0.2, 0.25) is 0 Å². The monoisotopic (exact) mass is 272 g/mol. The summed E-state index contributed by atoms with van der Waals surface area (Å²) in [6.45, 7) is 2.12. The molecular weight excluding hydrogens is 256 g/mol. The van der Waals surface area contributed by atoms with E-state index in [0.29, 0.717) is 0 Å². The number of hydrogen-bond donors (Lipinski definition) is 2. The number of fused-ring (bicyclic) bond motifs is 2. The number of nitrogens with one attached hydrogen (secondary N) is 2. The molecule has 0 spiro atoms. The average Bonchev–Trinajstić information content (AvgIpc) is 3.06. The Morgan fingerprint density at radius 1 is 0.810 bits per heavy atom. The molecule has 0 fully saturated rings. The van der Waals surface area contributed by atoms with Gasteiger partial charge in [-0.1, -0.05) is 48.6 Å². The first-order valence-electron chi connectivity index (χ1n) is 7.14. The number of hydrogen-bond acceptors (Lipinski definition) is 0. The molecule has 0 bridgehead atoms. The van der Waals surface area contributed by atoms with E-state index in [9.17, 15) is 0 Å². The summed E-state index contributed by atoms with van der Waals surface area (Å²) in [6, 6.07) is 16.8. The second kappa shape index (κ2) is 4.67. The van der Waals surface area contributed by atoms with Gasteiger partial charge in [-0.15, -0.1) is 0 Å². The van der Waals surface area contributed by atoms with Crippen LogP contribution < -0.4 is 0 Å². The molecule has 0 saturated heterocycles. The van der Waals surface area contributed by atoms with E-state index >= 15 is 0 Å². The van der Waals surface area contributed by atoms with Gasteiger partial charge in [0.1, 0.15) is 0 Å². The Balaban J connectivity index is 1.82. The summed E-state index contributed by atoms with van der Waals surface area (Å²) in [4.78, 5) is 6.75. The zero-order valence-corrected chi connectivity index (χ0v) is 11.9. The topological polar surface area (TPSA) is 31.6 Å². The lowest BCUT2D eigenvalue weighted by molar-refractivity contribution is 1.29. The molecule has 0 aliphatic heterocycles. The Morgan fingerprint density at radius 3 is 2.38 bits per heavy atom. The third-order valence-electron chi connectivity index (χ3n) is 3.99. The number of para-hydroxylation sites is 2. The van der Waals surface area contributed by atoms with Crippen LogP contribution in [0.15, 0.2) is 54.7 Å². The van der Waals surface area contributed by atoms with Crippen LogP contribution >= 0.6 is 0 Å². The van der Waals surface area contributed by atoms with E-state index in [2.05, 4.69) is 83.8 Å². The van der Waals surface area contributed by atoms with Gasteiger partial charge in [0.15, 0.2) is 0 Å². The lowest BCUT2D eigenvalue weighted by atomic mass is 10.1. The molecule has 0 aliphatic carbocycles. The molecule has 0 unspecified atom stereocenters. The van der Waals surface area contributed by atoms with Gasteiger partial charge in [0.25, 0.3) is 0 Å². The van der Waals surface area contributed by atoms with Gasteiger partial charge >= 0.3 is 0 Å². The maximum Gasteiger partial charge on any atom is 0.0462 e. The van der Waals surface area contributed by atoms with Crippen LogP contribution in [-0.2, 0) is 0 Å². The van der Waals surface area contributed by atoms with Crippen molar-refractivity contribution in [2.75, 3.05) is 0 Å². The maximum atomic E-state index is 3.44. The van der Waals surface area contributed by atoms with Gasteiger partial charge < -0.3 is 9.97 Å². The SMILES string of the molecule is Cc1[nH]c2ccccc2c1/C=C\c1c[nH]c2ccccc12. The minimum atomic E-state index is 1.17. The van der Waals surface area contributed by atoms with E-state index in [-0.39, 0.29) is 0 Å². The molecular formula is C19H16N2. The first-order valence-corrected chi connectivity index (χ1v) is 7.14. The summed E-state index contributed by atoms with van der Waals surface area (Å²) in [5.74, 6) is 0. The van der Waals surface area contributed by atoms with Crippen molar-refractivity contribution in [1.82, 2.24) is 9.97 Å². The van der Waals surface area contributed by atoms with Gasteiger partial charge in [0, 0.05) is 39.3 Å². The Labute approximate surface area is 123 Å². The molecule has 4 rings (SSSR count). The molecule has 0 saturated carbocycles. The third kappa shape index (κ3) is 1.96. The van der Waals surface area contributed by atoms with Gasteiger partial charge in [-0.25, -0.2) is 0 Å². The number of benzene rings is 2. The minimum Gasteiger partial charge on any atom is -0.361 e. The molecule has 0 atom stereocenters. The quantitative estimate of drug-likeness (QED) is 0.507. The third-order valence-corrected chi connectivity index (χ3v) is 3.99. The lowest BCUT2D eigenvalue weighted by Crippen LogP contribution is -1.74. The summed E-state index contributed by atoms with van der Waals surface area (Å²) in [7, 11) is 0. The van der Waals surface area contributed by atoms with E-state index in [1.54, 1.807) is 0 Å². The maximum absolute atomic E-state index is 3.44. The van der Waals surface area contributed by atoms with Gasteiger partial charge in [0.05, 0.1) is 0 Å². The fourth-order valence-corrected chi connectivity index (χ4v) is 2.92. The largest absolute Gasteiger partial charge is 0.361 e. The highest BCUT2D eigenvalue weighted by Crippen LogP contribution is 2.25. The second-order valence-corrected chi connectivity index (χ2v) is 5.33. The fraction of sp³-hybridized carbons (Fsp3) is 0.0526. The van der Waals surface area contributed by atoms with Crippen LogP contribution in [0.25, 0.3) is 34.0 Å². The molecule has 0 radical (unpaired) electrons.